The highest BCUT2D eigenvalue weighted by Gasteiger charge is 2.22. The zero-order chi connectivity index (χ0) is 13.7. The van der Waals surface area contributed by atoms with Crippen molar-refractivity contribution in [2.45, 2.75) is 31.7 Å². The van der Waals surface area contributed by atoms with Crippen molar-refractivity contribution in [1.82, 2.24) is 20.1 Å². The normalized spacial score (nSPS) is 14.3. The summed E-state index contributed by atoms with van der Waals surface area (Å²) in [6.07, 6.45) is 3.61. The quantitative estimate of drug-likeness (QED) is 0.863. The lowest BCUT2D eigenvalue weighted by molar-refractivity contribution is 0.434. The molecule has 1 aromatic heterocycles. The van der Waals surface area contributed by atoms with Gasteiger partial charge in [-0.2, -0.15) is 5.10 Å². The van der Waals surface area contributed by atoms with Crippen LogP contribution in [-0.2, 0) is 13.5 Å². The van der Waals surface area contributed by atoms with Gasteiger partial charge in [-0.25, -0.2) is 4.98 Å². The molecule has 0 saturated heterocycles. The average Bonchev–Trinajstić information content (AvgIpc) is 2.85. The summed E-state index contributed by atoms with van der Waals surface area (Å²) in [6, 6.07) is 11.0. The van der Waals surface area contributed by atoms with E-state index >= 15 is 0 Å². The number of nitrogens with zero attached hydrogens (tertiary/aromatic N) is 3. The van der Waals surface area contributed by atoms with E-state index < -0.39 is 0 Å². The molecule has 4 nitrogen and oxygen atoms in total. The predicted molar refractivity (Wildman–Crippen MR) is 77.0 cm³/mol. The highest BCUT2D eigenvalue weighted by molar-refractivity contribution is 5.21. The van der Waals surface area contributed by atoms with Crippen LogP contribution in [0.5, 0.6) is 0 Å². The Bertz CT molecular complexity index is 492. The molecule has 4 heteroatoms. The SMILES string of the molecule is CCC(c1ccccc1)C(Cc1ncnn1C)NC. The Morgan fingerprint density at radius 2 is 2.00 bits per heavy atom. The number of hydrogen-bond acceptors (Lipinski definition) is 3. The zero-order valence-corrected chi connectivity index (χ0v) is 11.9. The Balaban J connectivity index is 2.17. The topological polar surface area (TPSA) is 42.7 Å². The first kappa shape index (κ1) is 13.7. The van der Waals surface area contributed by atoms with E-state index in [0.29, 0.717) is 12.0 Å². The van der Waals surface area contributed by atoms with E-state index in [-0.39, 0.29) is 0 Å². The molecule has 0 aliphatic heterocycles. The average molecular weight is 258 g/mol. The van der Waals surface area contributed by atoms with Crippen LogP contribution >= 0.6 is 0 Å². The molecule has 0 radical (unpaired) electrons. The van der Waals surface area contributed by atoms with Crippen LogP contribution in [0.1, 0.15) is 30.7 Å². The van der Waals surface area contributed by atoms with Gasteiger partial charge in [0.05, 0.1) is 0 Å². The minimum Gasteiger partial charge on any atom is -0.316 e. The zero-order valence-electron chi connectivity index (χ0n) is 11.9. The summed E-state index contributed by atoms with van der Waals surface area (Å²) >= 11 is 0. The lowest BCUT2D eigenvalue weighted by Crippen LogP contribution is -2.35. The largest absolute Gasteiger partial charge is 0.316 e. The maximum atomic E-state index is 4.33. The summed E-state index contributed by atoms with van der Waals surface area (Å²) in [7, 11) is 3.96. The van der Waals surface area contributed by atoms with Gasteiger partial charge in [-0.15, -0.1) is 0 Å². The first-order valence-corrected chi connectivity index (χ1v) is 6.81. The maximum absolute atomic E-state index is 4.33. The Labute approximate surface area is 114 Å². The fraction of sp³-hybridized carbons (Fsp3) is 0.467. The van der Waals surface area contributed by atoms with Gasteiger partial charge in [0.15, 0.2) is 0 Å². The highest BCUT2D eigenvalue weighted by Crippen LogP contribution is 2.24. The number of hydrogen-bond donors (Lipinski definition) is 1. The molecular weight excluding hydrogens is 236 g/mol. The molecule has 0 aliphatic carbocycles. The number of aromatic nitrogens is 3. The number of benzene rings is 1. The van der Waals surface area contributed by atoms with E-state index in [1.807, 2.05) is 18.8 Å². The Hall–Kier alpha value is -1.68. The summed E-state index contributed by atoms with van der Waals surface area (Å²) in [4.78, 5) is 4.33. The van der Waals surface area contributed by atoms with E-state index in [1.165, 1.54) is 5.56 Å². The third-order valence-electron chi connectivity index (χ3n) is 3.73. The Morgan fingerprint density at radius 1 is 1.26 bits per heavy atom. The third-order valence-corrected chi connectivity index (χ3v) is 3.73. The van der Waals surface area contributed by atoms with Crippen molar-refractivity contribution in [2.24, 2.45) is 7.05 Å². The number of likely N-dealkylation sites (N-methyl/N-ethyl adjacent to an activating group) is 1. The van der Waals surface area contributed by atoms with Crippen LogP contribution in [-0.4, -0.2) is 27.9 Å². The highest BCUT2D eigenvalue weighted by atomic mass is 15.3. The van der Waals surface area contributed by atoms with Crippen LogP contribution in [0.25, 0.3) is 0 Å². The lowest BCUT2D eigenvalue weighted by Gasteiger charge is -2.26. The third kappa shape index (κ3) is 3.20. The molecule has 2 unspecified atom stereocenters. The lowest BCUT2D eigenvalue weighted by atomic mass is 9.87. The van der Waals surface area contributed by atoms with Gasteiger partial charge >= 0.3 is 0 Å². The Kier molecular flexibility index (Phi) is 4.68. The molecule has 0 bridgehead atoms. The van der Waals surface area contributed by atoms with Gasteiger partial charge in [0.25, 0.3) is 0 Å². The number of nitrogens with one attached hydrogen (secondary N) is 1. The van der Waals surface area contributed by atoms with E-state index in [0.717, 1.165) is 18.7 Å². The predicted octanol–water partition coefficient (Wildman–Crippen LogP) is 2.14. The van der Waals surface area contributed by atoms with Crippen LogP contribution in [0.15, 0.2) is 36.7 Å². The second kappa shape index (κ2) is 6.48. The van der Waals surface area contributed by atoms with Crippen molar-refractivity contribution in [3.8, 4) is 0 Å². The molecule has 0 amide bonds. The van der Waals surface area contributed by atoms with E-state index in [2.05, 4.69) is 52.7 Å². The molecule has 19 heavy (non-hydrogen) atoms. The van der Waals surface area contributed by atoms with Gasteiger partial charge in [-0.05, 0) is 24.9 Å². The van der Waals surface area contributed by atoms with Gasteiger partial charge in [-0.3, -0.25) is 4.68 Å². The van der Waals surface area contributed by atoms with Crippen molar-refractivity contribution in [3.05, 3.63) is 48.0 Å². The monoisotopic (exact) mass is 258 g/mol. The van der Waals surface area contributed by atoms with Crippen molar-refractivity contribution in [2.75, 3.05) is 7.05 Å². The molecular formula is C15H22N4. The van der Waals surface area contributed by atoms with Crippen molar-refractivity contribution < 1.29 is 0 Å². The second-order valence-electron chi connectivity index (χ2n) is 4.82. The van der Waals surface area contributed by atoms with Gasteiger partial charge in [-0.1, -0.05) is 37.3 Å². The summed E-state index contributed by atoms with van der Waals surface area (Å²) in [6.45, 7) is 2.23. The smallest absolute Gasteiger partial charge is 0.138 e. The van der Waals surface area contributed by atoms with E-state index in [1.54, 1.807) is 6.33 Å². The van der Waals surface area contributed by atoms with Crippen LogP contribution in [0.2, 0.25) is 0 Å². The second-order valence-corrected chi connectivity index (χ2v) is 4.82. The van der Waals surface area contributed by atoms with E-state index in [4.69, 9.17) is 0 Å². The number of rotatable bonds is 6. The summed E-state index contributed by atoms with van der Waals surface area (Å²) in [5.41, 5.74) is 1.38. The summed E-state index contributed by atoms with van der Waals surface area (Å²) in [5, 5.41) is 7.58. The molecule has 1 aromatic carbocycles. The molecule has 0 spiro atoms. The van der Waals surface area contributed by atoms with E-state index in [9.17, 15) is 0 Å². The summed E-state index contributed by atoms with van der Waals surface area (Å²) < 4.78 is 1.85. The fourth-order valence-electron chi connectivity index (χ4n) is 2.60. The molecule has 2 aromatic rings. The molecule has 1 N–H and O–H groups in total. The van der Waals surface area contributed by atoms with Gasteiger partial charge in [0.2, 0.25) is 0 Å². The summed E-state index contributed by atoms with van der Waals surface area (Å²) in [5.74, 6) is 1.51. The molecule has 0 aliphatic rings. The van der Waals surface area contributed by atoms with Crippen molar-refractivity contribution in [1.29, 1.82) is 0 Å². The molecule has 2 rings (SSSR count). The maximum Gasteiger partial charge on any atom is 0.138 e. The van der Waals surface area contributed by atoms with Gasteiger partial charge in [0, 0.05) is 19.5 Å². The minimum atomic E-state index is 0.371. The molecule has 2 atom stereocenters. The first-order valence-electron chi connectivity index (χ1n) is 6.81. The minimum absolute atomic E-state index is 0.371. The van der Waals surface area contributed by atoms with Crippen molar-refractivity contribution >= 4 is 0 Å². The molecule has 1 heterocycles. The fourth-order valence-corrected chi connectivity index (χ4v) is 2.60. The molecule has 0 saturated carbocycles. The molecule has 0 fully saturated rings. The number of aryl methyl sites for hydroxylation is 1. The van der Waals surface area contributed by atoms with Crippen LogP contribution in [0.3, 0.4) is 0 Å². The first-order chi connectivity index (χ1) is 9.26. The van der Waals surface area contributed by atoms with Gasteiger partial charge in [0.1, 0.15) is 12.2 Å². The Morgan fingerprint density at radius 3 is 2.53 bits per heavy atom. The van der Waals surface area contributed by atoms with Crippen molar-refractivity contribution in [3.63, 3.8) is 0 Å². The van der Waals surface area contributed by atoms with Gasteiger partial charge < -0.3 is 5.32 Å². The molecule has 102 valence electrons. The van der Waals surface area contributed by atoms with Crippen LogP contribution in [0, 0.1) is 0 Å². The van der Waals surface area contributed by atoms with Crippen LogP contribution < -0.4 is 5.32 Å². The van der Waals surface area contributed by atoms with Crippen LogP contribution in [0.4, 0.5) is 0 Å². The standard InChI is InChI=1S/C15H22N4/c1-4-13(12-8-6-5-7-9-12)14(16-2)10-15-17-11-18-19(15)3/h5-9,11,13-14,16H,4,10H2,1-3H3.